The Labute approximate surface area is 165 Å². The maximum absolute atomic E-state index is 12.1. The van der Waals surface area contributed by atoms with Crippen LogP contribution in [0.3, 0.4) is 0 Å². The first-order valence-electron chi connectivity index (χ1n) is 9.32. The van der Waals surface area contributed by atoms with Crippen LogP contribution >= 0.6 is 0 Å². The summed E-state index contributed by atoms with van der Waals surface area (Å²) in [5.41, 5.74) is 3.55. The van der Waals surface area contributed by atoms with E-state index in [2.05, 4.69) is 0 Å². The SMILES string of the molecule is O=C(C/C=C/c1ccc(/C=C/CC(=O)c2ccccc2)cc1)c1ccccc1. The van der Waals surface area contributed by atoms with E-state index in [1.54, 1.807) is 0 Å². The molecule has 0 N–H and O–H groups in total. The molecule has 0 spiro atoms. The molecule has 3 rings (SSSR count). The van der Waals surface area contributed by atoms with Gasteiger partial charge in [0.2, 0.25) is 0 Å². The van der Waals surface area contributed by atoms with Crippen LogP contribution in [0.1, 0.15) is 44.7 Å². The van der Waals surface area contributed by atoms with Crippen molar-refractivity contribution in [3.8, 4) is 0 Å². The lowest BCUT2D eigenvalue weighted by Gasteiger charge is -1.98. The number of carbonyl (C=O) groups is 2. The highest BCUT2D eigenvalue weighted by Gasteiger charge is 2.02. The van der Waals surface area contributed by atoms with E-state index in [-0.39, 0.29) is 11.6 Å². The van der Waals surface area contributed by atoms with Gasteiger partial charge in [-0.05, 0) is 11.1 Å². The molecule has 0 aliphatic rings. The van der Waals surface area contributed by atoms with E-state index in [0.29, 0.717) is 12.8 Å². The second-order valence-corrected chi connectivity index (χ2v) is 6.46. The third-order valence-electron chi connectivity index (χ3n) is 4.36. The molecule has 0 saturated carbocycles. The Morgan fingerprint density at radius 2 is 0.893 bits per heavy atom. The molecule has 28 heavy (non-hydrogen) atoms. The predicted octanol–water partition coefficient (Wildman–Crippen LogP) is 6.26. The van der Waals surface area contributed by atoms with Crippen molar-refractivity contribution in [3.05, 3.63) is 119 Å². The Hall–Kier alpha value is -3.52. The van der Waals surface area contributed by atoms with Crippen molar-refractivity contribution >= 4 is 23.7 Å². The van der Waals surface area contributed by atoms with Crippen LogP contribution < -0.4 is 0 Å². The van der Waals surface area contributed by atoms with Gasteiger partial charge >= 0.3 is 0 Å². The molecule has 2 heteroatoms. The molecule has 0 radical (unpaired) electrons. The zero-order valence-electron chi connectivity index (χ0n) is 15.6. The summed E-state index contributed by atoms with van der Waals surface area (Å²) in [5.74, 6) is 0.221. The van der Waals surface area contributed by atoms with Crippen molar-refractivity contribution in [2.24, 2.45) is 0 Å². The molecule has 0 atom stereocenters. The fourth-order valence-corrected chi connectivity index (χ4v) is 2.81. The van der Waals surface area contributed by atoms with Crippen LogP contribution in [0.2, 0.25) is 0 Å². The Balaban J connectivity index is 1.50. The average molecular weight is 366 g/mol. The van der Waals surface area contributed by atoms with Crippen LogP contribution in [-0.2, 0) is 0 Å². The summed E-state index contributed by atoms with van der Waals surface area (Å²) >= 11 is 0. The molecule has 3 aromatic carbocycles. The van der Waals surface area contributed by atoms with Crippen LogP contribution in [0.5, 0.6) is 0 Å². The van der Waals surface area contributed by atoms with Gasteiger partial charge in [-0.25, -0.2) is 0 Å². The van der Waals surface area contributed by atoms with Gasteiger partial charge in [-0.1, -0.05) is 109 Å². The Kier molecular flexibility index (Phi) is 6.86. The molecule has 0 amide bonds. The summed E-state index contributed by atoms with van der Waals surface area (Å²) in [6.45, 7) is 0. The fraction of sp³-hybridized carbons (Fsp3) is 0.0769. The van der Waals surface area contributed by atoms with Crippen LogP contribution in [0, 0.1) is 0 Å². The minimum absolute atomic E-state index is 0.111. The van der Waals surface area contributed by atoms with Gasteiger partial charge in [0, 0.05) is 24.0 Å². The largest absolute Gasteiger partial charge is 0.294 e. The number of carbonyl (C=O) groups excluding carboxylic acids is 2. The summed E-state index contributed by atoms with van der Waals surface area (Å²) in [5, 5.41) is 0. The molecule has 0 saturated heterocycles. The van der Waals surface area contributed by atoms with E-state index in [1.165, 1.54) is 0 Å². The molecule has 0 heterocycles. The van der Waals surface area contributed by atoms with E-state index in [9.17, 15) is 9.59 Å². The standard InChI is InChI=1S/C26H22O2/c27-25(23-11-3-1-4-12-23)15-7-9-21-17-19-22(20-18-21)10-8-16-26(28)24-13-5-2-6-14-24/h1-14,17-20H,15-16H2/b9-7+,10-8+. The number of benzene rings is 3. The van der Waals surface area contributed by atoms with E-state index in [0.717, 1.165) is 22.3 Å². The third-order valence-corrected chi connectivity index (χ3v) is 4.36. The predicted molar refractivity (Wildman–Crippen MR) is 115 cm³/mol. The number of hydrogen-bond acceptors (Lipinski definition) is 2. The second kappa shape index (κ2) is 9.98. The molecule has 0 fully saturated rings. The second-order valence-electron chi connectivity index (χ2n) is 6.46. The number of allylic oxidation sites excluding steroid dienone is 2. The smallest absolute Gasteiger partial charge is 0.166 e. The van der Waals surface area contributed by atoms with E-state index < -0.39 is 0 Å². The van der Waals surface area contributed by atoms with Gasteiger partial charge in [0.05, 0.1) is 0 Å². The lowest BCUT2D eigenvalue weighted by atomic mass is 10.1. The average Bonchev–Trinajstić information content (AvgIpc) is 2.76. The van der Waals surface area contributed by atoms with Gasteiger partial charge in [-0.2, -0.15) is 0 Å². The van der Waals surface area contributed by atoms with Crippen LogP contribution in [-0.4, -0.2) is 11.6 Å². The third kappa shape index (κ3) is 5.75. The topological polar surface area (TPSA) is 34.1 Å². The van der Waals surface area contributed by atoms with Crippen LogP contribution in [0.25, 0.3) is 12.2 Å². The molecule has 3 aromatic rings. The van der Waals surface area contributed by atoms with Gasteiger partial charge in [0.1, 0.15) is 0 Å². The number of rotatable bonds is 8. The minimum atomic E-state index is 0.111. The Morgan fingerprint density at radius 1 is 0.536 bits per heavy atom. The zero-order chi connectivity index (χ0) is 19.6. The van der Waals surface area contributed by atoms with Crippen LogP contribution in [0.15, 0.2) is 97.1 Å². The molecular weight excluding hydrogens is 344 g/mol. The first-order valence-corrected chi connectivity index (χ1v) is 9.32. The molecular formula is C26H22O2. The summed E-state index contributed by atoms with van der Waals surface area (Å²) < 4.78 is 0. The molecule has 0 aliphatic carbocycles. The van der Waals surface area contributed by atoms with Crippen molar-refractivity contribution in [1.29, 1.82) is 0 Å². The molecule has 0 bridgehead atoms. The maximum atomic E-state index is 12.1. The summed E-state index contributed by atoms with van der Waals surface area (Å²) in [4.78, 5) is 24.2. The van der Waals surface area contributed by atoms with Gasteiger partial charge < -0.3 is 0 Å². The van der Waals surface area contributed by atoms with E-state index >= 15 is 0 Å². The lowest BCUT2D eigenvalue weighted by molar-refractivity contribution is 0.0988. The summed E-state index contributed by atoms with van der Waals surface area (Å²) in [6.07, 6.45) is 8.44. The highest BCUT2D eigenvalue weighted by atomic mass is 16.1. The van der Waals surface area contributed by atoms with E-state index in [4.69, 9.17) is 0 Å². The Bertz CT molecular complexity index is 883. The minimum Gasteiger partial charge on any atom is -0.294 e. The van der Waals surface area contributed by atoms with Crippen LogP contribution in [0.4, 0.5) is 0 Å². The molecule has 2 nitrogen and oxygen atoms in total. The molecule has 0 unspecified atom stereocenters. The molecule has 138 valence electrons. The normalized spacial score (nSPS) is 11.1. The highest BCUT2D eigenvalue weighted by Crippen LogP contribution is 2.11. The molecule has 0 aromatic heterocycles. The van der Waals surface area contributed by atoms with Gasteiger partial charge in [0.15, 0.2) is 11.6 Å². The first kappa shape index (κ1) is 19.2. The Morgan fingerprint density at radius 3 is 1.25 bits per heavy atom. The monoisotopic (exact) mass is 366 g/mol. The fourth-order valence-electron chi connectivity index (χ4n) is 2.81. The lowest BCUT2D eigenvalue weighted by Crippen LogP contribution is -1.95. The van der Waals surface area contributed by atoms with Gasteiger partial charge in [0.25, 0.3) is 0 Å². The van der Waals surface area contributed by atoms with Crippen molar-refractivity contribution in [2.75, 3.05) is 0 Å². The van der Waals surface area contributed by atoms with Crippen molar-refractivity contribution in [2.45, 2.75) is 12.8 Å². The highest BCUT2D eigenvalue weighted by molar-refractivity contribution is 5.97. The zero-order valence-corrected chi connectivity index (χ0v) is 15.6. The van der Waals surface area contributed by atoms with Crippen molar-refractivity contribution in [1.82, 2.24) is 0 Å². The number of ketones is 2. The molecule has 0 aliphatic heterocycles. The van der Waals surface area contributed by atoms with Gasteiger partial charge in [-0.15, -0.1) is 0 Å². The number of Topliss-reactive ketones (excluding diaryl/α,β-unsaturated/α-hetero) is 2. The van der Waals surface area contributed by atoms with Crippen molar-refractivity contribution in [3.63, 3.8) is 0 Å². The number of hydrogen-bond donors (Lipinski definition) is 0. The quantitative estimate of drug-likeness (QED) is 0.441. The van der Waals surface area contributed by atoms with E-state index in [1.807, 2.05) is 109 Å². The van der Waals surface area contributed by atoms with Gasteiger partial charge in [-0.3, -0.25) is 9.59 Å². The maximum Gasteiger partial charge on any atom is 0.166 e. The first-order chi connectivity index (χ1) is 13.7. The summed E-state index contributed by atoms with van der Waals surface area (Å²) in [6, 6.07) is 26.6. The van der Waals surface area contributed by atoms with Crippen molar-refractivity contribution < 1.29 is 9.59 Å². The summed E-state index contributed by atoms with van der Waals surface area (Å²) in [7, 11) is 0.